The van der Waals surface area contributed by atoms with Crippen LogP contribution in [0, 0.1) is 5.92 Å². The Labute approximate surface area is 54.8 Å². The van der Waals surface area contributed by atoms with Crippen molar-refractivity contribution in [2.45, 2.75) is 12.5 Å². The van der Waals surface area contributed by atoms with Gasteiger partial charge in [-0.3, -0.25) is 4.99 Å². The number of rotatable bonds is 0. The minimum Gasteiger partial charge on any atom is -0.289 e. The molecule has 1 aliphatic heterocycles. The van der Waals surface area contributed by atoms with Crippen LogP contribution in [0.15, 0.2) is 29.3 Å². The van der Waals surface area contributed by atoms with Gasteiger partial charge in [0, 0.05) is 12.1 Å². The second-order valence-electron chi connectivity index (χ2n) is 2.49. The predicted molar refractivity (Wildman–Crippen MR) is 38.7 cm³/mol. The Morgan fingerprint density at radius 1 is 1.33 bits per heavy atom. The van der Waals surface area contributed by atoms with Crippen LogP contribution in [0.5, 0.6) is 0 Å². The summed E-state index contributed by atoms with van der Waals surface area (Å²) < 4.78 is 0. The molecule has 0 aromatic heterocycles. The quantitative estimate of drug-likeness (QED) is 0.429. The first-order valence-corrected chi connectivity index (χ1v) is 3.33. The fourth-order valence-electron chi connectivity index (χ4n) is 1.35. The highest BCUT2D eigenvalue weighted by atomic mass is 14.8. The number of aliphatic imine (C=N–C) groups is 1. The van der Waals surface area contributed by atoms with Crippen LogP contribution in [0.3, 0.4) is 0 Å². The molecule has 2 atom stereocenters. The molecule has 9 heavy (non-hydrogen) atoms. The number of dihydropyridines is 1. The molecule has 0 amide bonds. The predicted octanol–water partition coefficient (Wildman–Crippen LogP) is 1.57. The van der Waals surface area contributed by atoms with Gasteiger partial charge in [-0.1, -0.05) is 18.2 Å². The van der Waals surface area contributed by atoms with Gasteiger partial charge in [-0.25, -0.2) is 0 Å². The van der Waals surface area contributed by atoms with Crippen molar-refractivity contribution in [2.24, 2.45) is 10.9 Å². The second kappa shape index (κ2) is 1.83. The molecule has 0 aromatic carbocycles. The third-order valence-electron chi connectivity index (χ3n) is 1.88. The zero-order valence-electron chi connectivity index (χ0n) is 5.20. The van der Waals surface area contributed by atoms with Crippen LogP contribution in [0.4, 0.5) is 0 Å². The molecule has 0 bridgehead atoms. The van der Waals surface area contributed by atoms with E-state index >= 15 is 0 Å². The number of nitrogens with zero attached hydrogens (tertiary/aromatic N) is 1. The molecule has 1 heteroatoms. The van der Waals surface area contributed by atoms with E-state index < -0.39 is 0 Å². The van der Waals surface area contributed by atoms with E-state index in [1.165, 1.54) is 0 Å². The standard InChI is InChI=1S/C8H9N/c1-3-7-4-2-6-9-8(7)5-1/h1-4,6-8H,5H2. The van der Waals surface area contributed by atoms with Crippen LogP contribution in [-0.4, -0.2) is 12.3 Å². The maximum Gasteiger partial charge on any atom is 0.0631 e. The van der Waals surface area contributed by atoms with Crippen molar-refractivity contribution in [3.8, 4) is 0 Å². The molecular formula is C8H9N. The van der Waals surface area contributed by atoms with Crippen molar-refractivity contribution in [3.63, 3.8) is 0 Å². The van der Waals surface area contributed by atoms with E-state index in [0.717, 1.165) is 6.42 Å². The van der Waals surface area contributed by atoms with Gasteiger partial charge in [0.15, 0.2) is 0 Å². The first-order chi connectivity index (χ1) is 4.47. The molecular weight excluding hydrogens is 110 g/mol. The van der Waals surface area contributed by atoms with E-state index in [0.29, 0.717) is 12.0 Å². The van der Waals surface area contributed by atoms with Crippen LogP contribution in [0.2, 0.25) is 0 Å². The molecule has 0 aromatic rings. The highest BCUT2D eigenvalue weighted by molar-refractivity contribution is 5.72. The molecule has 1 heterocycles. The summed E-state index contributed by atoms with van der Waals surface area (Å²) in [7, 11) is 0. The number of fused-ring (bicyclic) bond motifs is 1. The fourth-order valence-corrected chi connectivity index (χ4v) is 1.35. The van der Waals surface area contributed by atoms with Gasteiger partial charge < -0.3 is 0 Å². The molecule has 2 aliphatic rings. The summed E-state index contributed by atoms with van der Waals surface area (Å²) in [6.07, 6.45) is 11.7. The smallest absolute Gasteiger partial charge is 0.0631 e. The van der Waals surface area contributed by atoms with Gasteiger partial charge in [0.2, 0.25) is 0 Å². The van der Waals surface area contributed by atoms with Gasteiger partial charge in [-0.05, 0) is 12.5 Å². The summed E-state index contributed by atoms with van der Waals surface area (Å²) in [6, 6.07) is 0.537. The molecule has 1 nitrogen and oxygen atoms in total. The van der Waals surface area contributed by atoms with Crippen molar-refractivity contribution in [3.05, 3.63) is 24.3 Å². The van der Waals surface area contributed by atoms with Gasteiger partial charge >= 0.3 is 0 Å². The van der Waals surface area contributed by atoms with Crippen LogP contribution >= 0.6 is 0 Å². The summed E-state index contributed by atoms with van der Waals surface area (Å²) in [5.74, 6) is 0.606. The zero-order chi connectivity index (χ0) is 6.10. The van der Waals surface area contributed by atoms with Gasteiger partial charge in [0.25, 0.3) is 0 Å². The molecule has 2 rings (SSSR count). The third kappa shape index (κ3) is 0.727. The number of hydrogen-bond acceptors (Lipinski definition) is 1. The van der Waals surface area contributed by atoms with Crippen molar-refractivity contribution in [1.82, 2.24) is 0 Å². The van der Waals surface area contributed by atoms with Crippen molar-refractivity contribution < 1.29 is 0 Å². The van der Waals surface area contributed by atoms with Crippen molar-refractivity contribution >= 4 is 6.21 Å². The molecule has 1 aliphatic carbocycles. The minimum absolute atomic E-state index is 0.537. The first kappa shape index (κ1) is 4.98. The Balaban J connectivity index is 2.25. The minimum atomic E-state index is 0.537. The van der Waals surface area contributed by atoms with Crippen LogP contribution in [0.1, 0.15) is 6.42 Å². The van der Waals surface area contributed by atoms with E-state index in [4.69, 9.17) is 0 Å². The molecule has 0 fully saturated rings. The van der Waals surface area contributed by atoms with Crippen LogP contribution in [-0.2, 0) is 0 Å². The summed E-state index contributed by atoms with van der Waals surface area (Å²) in [4.78, 5) is 4.32. The SMILES string of the molecule is C1=CC2C=CCC2N=C1. The van der Waals surface area contributed by atoms with Gasteiger partial charge in [-0.2, -0.15) is 0 Å². The summed E-state index contributed by atoms with van der Waals surface area (Å²) in [5.41, 5.74) is 0. The molecule has 2 unspecified atom stereocenters. The largest absolute Gasteiger partial charge is 0.289 e. The Bertz CT molecular complexity index is 189. The summed E-state index contributed by atoms with van der Waals surface area (Å²) in [5, 5.41) is 0. The normalized spacial score (nSPS) is 37.3. The number of hydrogen-bond donors (Lipinski definition) is 0. The molecule has 46 valence electrons. The molecule has 0 saturated carbocycles. The highest BCUT2D eigenvalue weighted by Gasteiger charge is 2.19. The number of allylic oxidation sites excluding steroid dienone is 1. The molecule has 0 N–H and O–H groups in total. The molecule has 0 saturated heterocycles. The fraction of sp³-hybridized carbons (Fsp3) is 0.375. The summed E-state index contributed by atoms with van der Waals surface area (Å²) in [6.45, 7) is 0. The second-order valence-corrected chi connectivity index (χ2v) is 2.49. The maximum absolute atomic E-state index is 4.32. The monoisotopic (exact) mass is 119 g/mol. The summed E-state index contributed by atoms with van der Waals surface area (Å²) >= 11 is 0. The lowest BCUT2D eigenvalue weighted by Crippen LogP contribution is -2.11. The Morgan fingerprint density at radius 2 is 2.33 bits per heavy atom. The first-order valence-electron chi connectivity index (χ1n) is 3.33. The van der Waals surface area contributed by atoms with Crippen LogP contribution in [0.25, 0.3) is 0 Å². The average Bonchev–Trinajstić information content (AvgIpc) is 2.33. The molecule has 0 radical (unpaired) electrons. The average molecular weight is 119 g/mol. The maximum atomic E-state index is 4.32. The van der Waals surface area contributed by atoms with Gasteiger partial charge in [0.1, 0.15) is 0 Å². The molecule has 0 spiro atoms. The lowest BCUT2D eigenvalue weighted by molar-refractivity contribution is 0.626. The van der Waals surface area contributed by atoms with E-state index in [1.54, 1.807) is 0 Å². The third-order valence-corrected chi connectivity index (χ3v) is 1.88. The van der Waals surface area contributed by atoms with Crippen molar-refractivity contribution in [1.29, 1.82) is 0 Å². The highest BCUT2D eigenvalue weighted by Crippen LogP contribution is 2.23. The van der Waals surface area contributed by atoms with Crippen molar-refractivity contribution in [2.75, 3.05) is 0 Å². The van der Waals surface area contributed by atoms with E-state index in [-0.39, 0.29) is 0 Å². The Hall–Kier alpha value is -0.850. The van der Waals surface area contributed by atoms with Gasteiger partial charge in [0.05, 0.1) is 6.04 Å². The Kier molecular flexibility index (Phi) is 1.01. The van der Waals surface area contributed by atoms with E-state index in [9.17, 15) is 0 Å². The topological polar surface area (TPSA) is 12.4 Å². The zero-order valence-corrected chi connectivity index (χ0v) is 5.20. The van der Waals surface area contributed by atoms with Crippen LogP contribution < -0.4 is 0 Å². The lowest BCUT2D eigenvalue weighted by Gasteiger charge is -2.12. The van der Waals surface area contributed by atoms with Gasteiger partial charge in [-0.15, -0.1) is 0 Å². The Morgan fingerprint density at radius 3 is 3.22 bits per heavy atom. The van der Waals surface area contributed by atoms with E-state index in [2.05, 4.69) is 23.2 Å². The lowest BCUT2D eigenvalue weighted by atomic mass is 10.0. The van der Waals surface area contributed by atoms with E-state index in [1.807, 2.05) is 12.3 Å².